The number of nitrogens with zero attached hydrogens (tertiary/aromatic N) is 1. The van der Waals surface area contributed by atoms with Crippen LogP contribution in [-0.2, 0) is 4.79 Å². The lowest BCUT2D eigenvalue weighted by Gasteiger charge is -2.17. The van der Waals surface area contributed by atoms with E-state index in [1.807, 2.05) is 95.9 Å². The second kappa shape index (κ2) is 7.25. The van der Waals surface area contributed by atoms with Crippen LogP contribution >= 0.6 is 0 Å². The Morgan fingerprint density at radius 2 is 1.03 bits per heavy atom. The van der Waals surface area contributed by atoms with Gasteiger partial charge < -0.3 is 0 Å². The van der Waals surface area contributed by atoms with Gasteiger partial charge in [-0.3, -0.25) is 9.69 Å². The molecule has 0 radical (unpaired) electrons. The summed E-state index contributed by atoms with van der Waals surface area (Å²) >= 11 is 0. The Morgan fingerprint density at radius 1 is 0.552 bits per heavy atom. The molecule has 0 saturated carbocycles. The SMILES string of the molecule is O=C1C(=C(c2ccccc2)c2ccccc2)c2ccccc2N1c1ccccc1. The summed E-state index contributed by atoms with van der Waals surface area (Å²) in [6, 6.07) is 38.2. The van der Waals surface area contributed by atoms with Crippen LogP contribution in [0.1, 0.15) is 16.7 Å². The minimum Gasteiger partial charge on any atom is -0.276 e. The summed E-state index contributed by atoms with van der Waals surface area (Å²) in [6.45, 7) is 0. The van der Waals surface area contributed by atoms with Gasteiger partial charge in [0.05, 0.1) is 11.3 Å². The Bertz CT molecular complexity index is 1150. The lowest BCUT2D eigenvalue weighted by Crippen LogP contribution is -2.20. The zero-order valence-corrected chi connectivity index (χ0v) is 15.8. The summed E-state index contributed by atoms with van der Waals surface area (Å²) in [5, 5.41) is 0. The first-order valence-electron chi connectivity index (χ1n) is 9.68. The fraction of sp³-hybridized carbons (Fsp3) is 0. The highest BCUT2D eigenvalue weighted by atomic mass is 16.2. The second-order valence-corrected chi connectivity index (χ2v) is 6.98. The molecule has 0 saturated heterocycles. The molecule has 1 aliphatic rings. The number of carbonyl (C=O) groups excluding carboxylic acids is 1. The molecule has 0 bridgehead atoms. The van der Waals surface area contributed by atoms with Crippen molar-refractivity contribution in [2.75, 3.05) is 4.90 Å². The van der Waals surface area contributed by atoms with Crippen molar-refractivity contribution in [3.8, 4) is 0 Å². The van der Waals surface area contributed by atoms with E-state index in [9.17, 15) is 4.79 Å². The lowest BCUT2D eigenvalue weighted by molar-refractivity contribution is -0.112. The molecule has 0 unspecified atom stereocenters. The molecule has 0 atom stereocenters. The van der Waals surface area contributed by atoms with E-state index >= 15 is 0 Å². The average molecular weight is 373 g/mol. The van der Waals surface area contributed by atoms with Crippen molar-refractivity contribution in [1.29, 1.82) is 0 Å². The molecule has 4 aromatic carbocycles. The third-order valence-electron chi connectivity index (χ3n) is 5.22. The van der Waals surface area contributed by atoms with Gasteiger partial charge in [0.15, 0.2) is 0 Å². The van der Waals surface area contributed by atoms with Gasteiger partial charge in [0, 0.05) is 16.8 Å². The van der Waals surface area contributed by atoms with Gasteiger partial charge in [-0.05, 0) is 29.3 Å². The third kappa shape index (κ3) is 2.95. The van der Waals surface area contributed by atoms with Gasteiger partial charge in [-0.2, -0.15) is 0 Å². The van der Waals surface area contributed by atoms with Gasteiger partial charge in [0.1, 0.15) is 0 Å². The van der Waals surface area contributed by atoms with Crippen LogP contribution in [-0.4, -0.2) is 5.91 Å². The molecule has 2 nitrogen and oxygen atoms in total. The molecular formula is C27H19NO. The van der Waals surface area contributed by atoms with Gasteiger partial charge in [0.25, 0.3) is 5.91 Å². The summed E-state index contributed by atoms with van der Waals surface area (Å²) in [5.74, 6) is 0.0000983. The van der Waals surface area contributed by atoms with Crippen LogP contribution in [0.5, 0.6) is 0 Å². The van der Waals surface area contributed by atoms with E-state index in [-0.39, 0.29) is 5.91 Å². The molecule has 1 amide bonds. The van der Waals surface area contributed by atoms with Gasteiger partial charge in [0.2, 0.25) is 0 Å². The molecular weight excluding hydrogens is 354 g/mol. The smallest absolute Gasteiger partial charge is 0.264 e. The number of anilines is 2. The first-order valence-corrected chi connectivity index (χ1v) is 9.68. The molecule has 0 N–H and O–H groups in total. The van der Waals surface area contributed by atoms with Crippen molar-refractivity contribution in [2.45, 2.75) is 0 Å². The van der Waals surface area contributed by atoms with Gasteiger partial charge in [-0.1, -0.05) is 97.1 Å². The maximum atomic E-state index is 13.8. The first-order chi connectivity index (χ1) is 14.3. The maximum absolute atomic E-state index is 13.8. The molecule has 138 valence electrons. The number of fused-ring (bicyclic) bond motifs is 1. The predicted molar refractivity (Wildman–Crippen MR) is 119 cm³/mol. The number of para-hydroxylation sites is 2. The Balaban J connectivity index is 1.83. The maximum Gasteiger partial charge on any atom is 0.264 e. The van der Waals surface area contributed by atoms with Crippen LogP contribution in [0.25, 0.3) is 11.1 Å². The van der Waals surface area contributed by atoms with E-state index in [2.05, 4.69) is 24.3 Å². The zero-order chi connectivity index (χ0) is 19.6. The van der Waals surface area contributed by atoms with E-state index in [1.54, 1.807) is 0 Å². The molecule has 29 heavy (non-hydrogen) atoms. The fourth-order valence-corrected chi connectivity index (χ4v) is 3.96. The van der Waals surface area contributed by atoms with Crippen molar-refractivity contribution in [1.82, 2.24) is 0 Å². The quantitative estimate of drug-likeness (QED) is 0.385. The molecule has 0 fully saturated rings. The monoisotopic (exact) mass is 373 g/mol. The molecule has 4 aromatic rings. The number of benzene rings is 4. The van der Waals surface area contributed by atoms with Crippen molar-refractivity contribution in [3.05, 3.63) is 132 Å². The second-order valence-electron chi connectivity index (χ2n) is 6.98. The number of carbonyl (C=O) groups is 1. The number of rotatable bonds is 3. The standard InChI is InChI=1S/C27H19NO/c29-27-26(25(20-12-4-1-5-13-20)21-14-6-2-7-15-21)23-18-10-11-19-24(23)28(27)22-16-8-3-9-17-22/h1-19H. The Labute approximate surface area is 170 Å². The van der Waals surface area contributed by atoms with Crippen molar-refractivity contribution in [2.24, 2.45) is 0 Å². The van der Waals surface area contributed by atoms with Crippen molar-refractivity contribution in [3.63, 3.8) is 0 Å². The van der Waals surface area contributed by atoms with Gasteiger partial charge >= 0.3 is 0 Å². The number of amides is 1. The highest BCUT2D eigenvalue weighted by Crippen LogP contribution is 2.45. The molecule has 2 heteroatoms. The normalized spacial score (nSPS) is 12.8. The lowest BCUT2D eigenvalue weighted by atomic mass is 9.90. The van der Waals surface area contributed by atoms with Crippen LogP contribution in [0.4, 0.5) is 11.4 Å². The predicted octanol–water partition coefficient (Wildman–Crippen LogP) is 6.32. The summed E-state index contributed by atoms with van der Waals surface area (Å²) in [4.78, 5) is 15.6. The highest BCUT2D eigenvalue weighted by Gasteiger charge is 2.35. The molecule has 0 aliphatic carbocycles. The van der Waals surface area contributed by atoms with Crippen molar-refractivity contribution < 1.29 is 4.79 Å². The molecule has 5 rings (SSSR count). The van der Waals surface area contributed by atoms with E-state index in [0.717, 1.165) is 39.2 Å². The summed E-state index contributed by atoms with van der Waals surface area (Å²) in [6.07, 6.45) is 0. The summed E-state index contributed by atoms with van der Waals surface area (Å²) < 4.78 is 0. The summed E-state index contributed by atoms with van der Waals surface area (Å²) in [7, 11) is 0. The van der Waals surface area contributed by atoms with Crippen LogP contribution < -0.4 is 4.90 Å². The third-order valence-corrected chi connectivity index (χ3v) is 5.22. The van der Waals surface area contributed by atoms with E-state index in [1.165, 1.54) is 0 Å². The summed E-state index contributed by atoms with van der Waals surface area (Å²) in [5.41, 5.74) is 6.52. The highest BCUT2D eigenvalue weighted by molar-refractivity contribution is 6.40. The van der Waals surface area contributed by atoms with E-state index in [0.29, 0.717) is 0 Å². The molecule has 1 aliphatic heterocycles. The molecule has 0 aromatic heterocycles. The Hall–Kier alpha value is -3.91. The topological polar surface area (TPSA) is 20.3 Å². The number of hydrogen-bond acceptors (Lipinski definition) is 1. The number of hydrogen-bond donors (Lipinski definition) is 0. The fourth-order valence-electron chi connectivity index (χ4n) is 3.96. The minimum absolute atomic E-state index is 0.0000983. The van der Waals surface area contributed by atoms with Crippen LogP contribution in [0.2, 0.25) is 0 Å². The zero-order valence-electron chi connectivity index (χ0n) is 15.8. The Morgan fingerprint density at radius 3 is 1.62 bits per heavy atom. The van der Waals surface area contributed by atoms with Crippen molar-refractivity contribution >= 4 is 28.4 Å². The van der Waals surface area contributed by atoms with Gasteiger partial charge in [-0.25, -0.2) is 0 Å². The molecule has 1 heterocycles. The minimum atomic E-state index is 0.0000983. The van der Waals surface area contributed by atoms with Crippen LogP contribution in [0.15, 0.2) is 115 Å². The van der Waals surface area contributed by atoms with Crippen LogP contribution in [0.3, 0.4) is 0 Å². The van der Waals surface area contributed by atoms with Crippen LogP contribution in [0, 0.1) is 0 Å². The molecule has 0 spiro atoms. The van der Waals surface area contributed by atoms with E-state index in [4.69, 9.17) is 0 Å². The van der Waals surface area contributed by atoms with Gasteiger partial charge in [-0.15, -0.1) is 0 Å². The first kappa shape index (κ1) is 17.2. The van der Waals surface area contributed by atoms with E-state index < -0.39 is 0 Å². The largest absolute Gasteiger partial charge is 0.276 e. The Kier molecular flexibility index (Phi) is 4.30. The average Bonchev–Trinajstić information content (AvgIpc) is 3.08.